The van der Waals surface area contributed by atoms with Gasteiger partial charge < -0.3 is 15.2 Å². The Morgan fingerprint density at radius 2 is 2.00 bits per heavy atom. The van der Waals surface area contributed by atoms with Gasteiger partial charge in [-0.05, 0) is 30.2 Å². The summed E-state index contributed by atoms with van der Waals surface area (Å²) in [7, 11) is 0. The van der Waals surface area contributed by atoms with Gasteiger partial charge in [0.15, 0.2) is 0 Å². The lowest BCUT2D eigenvalue weighted by molar-refractivity contribution is -0.175. The van der Waals surface area contributed by atoms with Crippen molar-refractivity contribution in [1.29, 1.82) is 0 Å². The quantitative estimate of drug-likeness (QED) is 0.472. The molecule has 0 saturated heterocycles. The molecule has 2 N–H and O–H groups in total. The topological polar surface area (TPSA) is 44.5 Å². The zero-order valence-corrected chi connectivity index (χ0v) is 10.4. The van der Waals surface area contributed by atoms with Crippen LogP contribution in [0.1, 0.15) is 5.56 Å². The third-order valence-electron chi connectivity index (χ3n) is 2.20. The number of nitrogen functional groups attached to an aromatic ring is 1. The summed E-state index contributed by atoms with van der Waals surface area (Å²) in [5.41, 5.74) is 7.08. The van der Waals surface area contributed by atoms with E-state index in [1.807, 2.05) is 0 Å². The molecule has 3 nitrogen and oxygen atoms in total. The third-order valence-corrected chi connectivity index (χ3v) is 2.20. The Labute approximate surface area is 109 Å². The van der Waals surface area contributed by atoms with Gasteiger partial charge in [0.25, 0.3) is 0 Å². The fraction of sp³-hybridized carbons (Fsp3) is 0.385. The molecule has 1 rings (SSSR count). The predicted octanol–water partition coefficient (Wildman–Crippen LogP) is 2.96. The summed E-state index contributed by atoms with van der Waals surface area (Å²) in [6, 6.07) is 5.09. The molecule has 0 saturated carbocycles. The maximum atomic E-state index is 11.8. The van der Waals surface area contributed by atoms with E-state index in [0.717, 1.165) is 5.56 Å². The van der Waals surface area contributed by atoms with Gasteiger partial charge in [-0.3, -0.25) is 0 Å². The second kappa shape index (κ2) is 7.04. The van der Waals surface area contributed by atoms with E-state index in [0.29, 0.717) is 17.9 Å². The number of benzene rings is 1. The second-order valence-corrected chi connectivity index (χ2v) is 3.88. The Balaban J connectivity index is 2.42. The summed E-state index contributed by atoms with van der Waals surface area (Å²) in [6.07, 6.45) is -2.04. The lowest BCUT2D eigenvalue weighted by atomic mass is 10.1. The zero-order chi connectivity index (χ0) is 14.3. The Morgan fingerprint density at radius 3 is 2.63 bits per heavy atom. The second-order valence-electron chi connectivity index (χ2n) is 3.88. The van der Waals surface area contributed by atoms with Crippen molar-refractivity contribution < 1.29 is 22.6 Å². The minimum absolute atomic E-state index is 0.0458. The van der Waals surface area contributed by atoms with E-state index in [1.165, 1.54) is 0 Å². The molecule has 0 fully saturated rings. The highest BCUT2D eigenvalue weighted by atomic mass is 19.4. The van der Waals surface area contributed by atoms with Crippen molar-refractivity contribution in [3.63, 3.8) is 0 Å². The first-order chi connectivity index (χ1) is 8.92. The van der Waals surface area contributed by atoms with Crippen LogP contribution in [0.3, 0.4) is 0 Å². The van der Waals surface area contributed by atoms with Gasteiger partial charge >= 0.3 is 6.18 Å². The molecule has 0 aromatic heterocycles. The summed E-state index contributed by atoms with van der Waals surface area (Å²) >= 11 is 0. The molecule has 0 amide bonds. The average molecular weight is 275 g/mol. The smallest absolute Gasteiger partial charge is 0.411 e. The SMILES string of the molecule is C=CCc1cc(N)ccc1OCCOCC(F)(F)F. The molecule has 1 aromatic carbocycles. The van der Waals surface area contributed by atoms with Crippen molar-refractivity contribution in [2.75, 3.05) is 25.6 Å². The molecule has 0 aliphatic carbocycles. The average Bonchev–Trinajstić information content (AvgIpc) is 2.30. The lowest BCUT2D eigenvalue weighted by Crippen LogP contribution is -2.19. The van der Waals surface area contributed by atoms with Crippen LogP contribution in [0.25, 0.3) is 0 Å². The fourth-order valence-corrected chi connectivity index (χ4v) is 1.45. The molecule has 106 valence electrons. The molecular formula is C13H16F3NO2. The maximum absolute atomic E-state index is 11.8. The number of nitrogens with two attached hydrogens (primary N) is 1. The monoisotopic (exact) mass is 275 g/mol. The van der Waals surface area contributed by atoms with Gasteiger partial charge in [-0.1, -0.05) is 6.08 Å². The van der Waals surface area contributed by atoms with Gasteiger partial charge in [-0.2, -0.15) is 13.2 Å². The summed E-state index contributed by atoms with van der Waals surface area (Å²) < 4.78 is 45.3. The van der Waals surface area contributed by atoms with E-state index in [4.69, 9.17) is 10.5 Å². The molecule has 0 radical (unpaired) electrons. The van der Waals surface area contributed by atoms with Gasteiger partial charge in [-0.15, -0.1) is 6.58 Å². The molecule has 0 bridgehead atoms. The first kappa shape index (κ1) is 15.4. The van der Waals surface area contributed by atoms with Crippen LogP contribution in [0.5, 0.6) is 5.75 Å². The van der Waals surface area contributed by atoms with Crippen molar-refractivity contribution in [1.82, 2.24) is 0 Å². The molecule has 0 aliphatic heterocycles. The van der Waals surface area contributed by atoms with Gasteiger partial charge in [-0.25, -0.2) is 0 Å². The standard InChI is InChI=1S/C13H16F3NO2/c1-2-3-10-8-11(17)4-5-12(10)19-7-6-18-9-13(14,15)16/h2,4-5,8H,1,3,6-7,9,17H2. The number of halogens is 3. The highest BCUT2D eigenvalue weighted by molar-refractivity contribution is 5.48. The first-order valence-electron chi connectivity index (χ1n) is 5.69. The van der Waals surface area contributed by atoms with Crippen LogP contribution < -0.4 is 10.5 Å². The van der Waals surface area contributed by atoms with Gasteiger partial charge in [0.1, 0.15) is 19.0 Å². The first-order valence-corrected chi connectivity index (χ1v) is 5.69. The summed E-state index contributed by atoms with van der Waals surface area (Å²) in [4.78, 5) is 0. The van der Waals surface area contributed by atoms with E-state index in [1.54, 1.807) is 24.3 Å². The number of hydrogen-bond acceptors (Lipinski definition) is 3. The van der Waals surface area contributed by atoms with Gasteiger partial charge in [0.05, 0.1) is 6.61 Å². The molecule has 0 heterocycles. The molecule has 0 atom stereocenters. The van der Waals surface area contributed by atoms with Crippen molar-refractivity contribution in [2.24, 2.45) is 0 Å². The van der Waals surface area contributed by atoms with Crippen molar-refractivity contribution >= 4 is 5.69 Å². The van der Waals surface area contributed by atoms with Crippen LogP contribution in [0, 0.1) is 0 Å². The van der Waals surface area contributed by atoms with Crippen LogP contribution in [0.4, 0.5) is 18.9 Å². The molecular weight excluding hydrogens is 259 g/mol. The van der Waals surface area contributed by atoms with Crippen LogP contribution in [-0.2, 0) is 11.2 Å². The minimum atomic E-state index is -4.31. The van der Waals surface area contributed by atoms with Gasteiger partial charge in [0, 0.05) is 5.69 Å². The van der Waals surface area contributed by atoms with Gasteiger partial charge in [0.2, 0.25) is 0 Å². The van der Waals surface area contributed by atoms with Crippen molar-refractivity contribution in [3.8, 4) is 5.75 Å². The maximum Gasteiger partial charge on any atom is 0.411 e. The Morgan fingerprint density at radius 1 is 1.26 bits per heavy atom. The molecule has 1 aromatic rings. The van der Waals surface area contributed by atoms with Crippen LogP contribution in [-0.4, -0.2) is 26.0 Å². The molecule has 19 heavy (non-hydrogen) atoms. The van der Waals surface area contributed by atoms with E-state index in [-0.39, 0.29) is 13.2 Å². The Kier molecular flexibility index (Phi) is 5.69. The predicted molar refractivity (Wildman–Crippen MR) is 67.1 cm³/mol. The third kappa shape index (κ3) is 6.15. The molecule has 6 heteroatoms. The van der Waals surface area contributed by atoms with Crippen molar-refractivity contribution in [3.05, 3.63) is 36.4 Å². The van der Waals surface area contributed by atoms with Crippen LogP contribution in [0.15, 0.2) is 30.9 Å². The van der Waals surface area contributed by atoms with E-state index in [2.05, 4.69) is 11.3 Å². The normalized spacial score (nSPS) is 11.3. The number of allylic oxidation sites excluding steroid dienone is 1. The zero-order valence-electron chi connectivity index (χ0n) is 10.4. The fourth-order valence-electron chi connectivity index (χ4n) is 1.45. The number of ether oxygens (including phenoxy) is 2. The van der Waals surface area contributed by atoms with E-state index in [9.17, 15) is 13.2 Å². The van der Waals surface area contributed by atoms with E-state index < -0.39 is 12.8 Å². The molecule has 0 unspecified atom stereocenters. The number of alkyl halides is 3. The van der Waals surface area contributed by atoms with Crippen LogP contribution in [0.2, 0.25) is 0 Å². The highest BCUT2D eigenvalue weighted by Crippen LogP contribution is 2.22. The summed E-state index contributed by atoms with van der Waals surface area (Å²) in [5, 5.41) is 0. The molecule has 0 aliphatic rings. The Bertz CT molecular complexity index is 419. The highest BCUT2D eigenvalue weighted by Gasteiger charge is 2.27. The van der Waals surface area contributed by atoms with Crippen LogP contribution >= 0.6 is 0 Å². The minimum Gasteiger partial charge on any atom is -0.491 e. The number of hydrogen-bond donors (Lipinski definition) is 1. The van der Waals surface area contributed by atoms with Crippen molar-refractivity contribution in [2.45, 2.75) is 12.6 Å². The largest absolute Gasteiger partial charge is 0.491 e. The summed E-state index contributed by atoms with van der Waals surface area (Å²) in [6.45, 7) is 2.27. The number of anilines is 1. The number of rotatable bonds is 7. The Hall–Kier alpha value is -1.69. The molecule has 0 spiro atoms. The summed E-state index contributed by atoms with van der Waals surface area (Å²) in [5.74, 6) is 0.574. The van der Waals surface area contributed by atoms with E-state index >= 15 is 0 Å². The lowest BCUT2D eigenvalue weighted by Gasteiger charge is -2.12.